The van der Waals surface area contributed by atoms with E-state index in [-0.39, 0.29) is 5.92 Å². The molecule has 0 amide bonds. The molecule has 92 valence electrons. The van der Waals surface area contributed by atoms with E-state index in [9.17, 15) is 5.26 Å². The highest BCUT2D eigenvalue weighted by molar-refractivity contribution is 7.10. The molecule has 2 rings (SSSR count). The quantitative estimate of drug-likeness (QED) is 0.824. The first kappa shape index (κ1) is 12.6. The van der Waals surface area contributed by atoms with Gasteiger partial charge in [0.1, 0.15) is 0 Å². The van der Waals surface area contributed by atoms with Crippen LogP contribution in [0.5, 0.6) is 0 Å². The van der Waals surface area contributed by atoms with Crippen LogP contribution < -0.4 is 5.32 Å². The van der Waals surface area contributed by atoms with Gasteiger partial charge in [0.05, 0.1) is 12.0 Å². The van der Waals surface area contributed by atoms with Crippen LogP contribution in [0.4, 0.5) is 0 Å². The standard InChI is InChI=1S/C14H20N2S/c1-11(14-8-5-9-17-14)16-13-7-4-2-3-6-12(13)10-15/h5,8-9,11-13,16H,2-4,6-7H2,1H3/t11-,12?,13?/m0/s1. The lowest BCUT2D eigenvalue weighted by molar-refractivity contribution is 0.363. The average Bonchev–Trinajstić information content (AvgIpc) is 2.78. The largest absolute Gasteiger partial charge is 0.305 e. The van der Waals surface area contributed by atoms with Gasteiger partial charge in [0.25, 0.3) is 0 Å². The van der Waals surface area contributed by atoms with Gasteiger partial charge in [-0.25, -0.2) is 0 Å². The molecule has 3 atom stereocenters. The van der Waals surface area contributed by atoms with Gasteiger partial charge < -0.3 is 5.32 Å². The first-order valence-corrected chi connectivity index (χ1v) is 7.38. The number of nitrogens with zero attached hydrogens (tertiary/aromatic N) is 1. The normalized spacial score (nSPS) is 27.1. The molecule has 1 heterocycles. The second-order valence-electron chi connectivity index (χ2n) is 4.88. The van der Waals surface area contributed by atoms with Crippen molar-refractivity contribution in [3.63, 3.8) is 0 Å². The summed E-state index contributed by atoms with van der Waals surface area (Å²) >= 11 is 1.79. The van der Waals surface area contributed by atoms with Crippen LogP contribution in [0.3, 0.4) is 0 Å². The van der Waals surface area contributed by atoms with Gasteiger partial charge in [0.15, 0.2) is 0 Å². The lowest BCUT2D eigenvalue weighted by Crippen LogP contribution is -2.36. The molecule has 3 heteroatoms. The van der Waals surface area contributed by atoms with Crippen molar-refractivity contribution >= 4 is 11.3 Å². The predicted molar refractivity (Wildman–Crippen MR) is 71.8 cm³/mol. The van der Waals surface area contributed by atoms with Gasteiger partial charge in [0.2, 0.25) is 0 Å². The molecule has 1 fully saturated rings. The molecule has 0 aromatic carbocycles. The average molecular weight is 248 g/mol. The van der Waals surface area contributed by atoms with E-state index in [4.69, 9.17) is 0 Å². The number of rotatable bonds is 3. The summed E-state index contributed by atoms with van der Waals surface area (Å²) in [4.78, 5) is 1.37. The number of hydrogen-bond acceptors (Lipinski definition) is 3. The first-order chi connectivity index (χ1) is 8.31. The fourth-order valence-electron chi connectivity index (χ4n) is 2.60. The van der Waals surface area contributed by atoms with E-state index in [1.807, 2.05) is 0 Å². The van der Waals surface area contributed by atoms with Crippen molar-refractivity contribution in [1.29, 1.82) is 5.26 Å². The Balaban J connectivity index is 1.98. The first-order valence-electron chi connectivity index (χ1n) is 6.50. The molecule has 1 aromatic heterocycles. The highest BCUT2D eigenvalue weighted by Gasteiger charge is 2.24. The Morgan fingerprint density at radius 2 is 2.24 bits per heavy atom. The third kappa shape index (κ3) is 3.31. The zero-order valence-electron chi connectivity index (χ0n) is 10.4. The summed E-state index contributed by atoms with van der Waals surface area (Å²) in [5, 5.41) is 15.0. The summed E-state index contributed by atoms with van der Waals surface area (Å²) in [5.74, 6) is 0.194. The van der Waals surface area contributed by atoms with Crippen LogP contribution in [0.2, 0.25) is 0 Å². The van der Waals surface area contributed by atoms with Crippen molar-refractivity contribution in [1.82, 2.24) is 5.32 Å². The zero-order chi connectivity index (χ0) is 12.1. The Morgan fingerprint density at radius 3 is 2.94 bits per heavy atom. The van der Waals surface area contributed by atoms with Crippen molar-refractivity contribution in [3.8, 4) is 6.07 Å². The fraction of sp³-hybridized carbons (Fsp3) is 0.643. The van der Waals surface area contributed by atoms with Crippen LogP contribution in [0, 0.1) is 17.2 Å². The predicted octanol–water partition coefficient (Wildman–Crippen LogP) is 3.87. The third-order valence-electron chi connectivity index (χ3n) is 3.62. The summed E-state index contributed by atoms with van der Waals surface area (Å²) < 4.78 is 0. The van der Waals surface area contributed by atoms with Crippen molar-refractivity contribution in [2.45, 2.75) is 51.1 Å². The molecule has 1 saturated carbocycles. The van der Waals surface area contributed by atoms with E-state index in [1.165, 1.54) is 24.1 Å². The van der Waals surface area contributed by atoms with Crippen LogP contribution >= 0.6 is 11.3 Å². The molecule has 1 N–H and O–H groups in total. The highest BCUT2D eigenvalue weighted by atomic mass is 32.1. The molecule has 2 nitrogen and oxygen atoms in total. The van der Waals surface area contributed by atoms with Gasteiger partial charge in [0, 0.05) is 17.0 Å². The Morgan fingerprint density at radius 1 is 1.41 bits per heavy atom. The summed E-state index contributed by atoms with van der Waals surface area (Å²) in [5.41, 5.74) is 0. The molecule has 1 aliphatic carbocycles. The topological polar surface area (TPSA) is 35.8 Å². The van der Waals surface area contributed by atoms with Crippen LogP contribution in [-0.4, -0.2) is 6.04 Å². The van der Waals surface area contributed by atoms with Gasteiger partial charge in [-0.2, -0.15) is 5.26 Å². The number of nitrogens with one attached hydrogen (secondary N) is 1. The summed E-state index contributed by atoms with van der Waals surface area (Å²) in [6, 6.07) is 7.49. The lowest BCUT2D eigenvalue weighted by Gasteiger charge is -2.24. The molecule has 0 aliphatic heterocycles. The van der Waals surface area contributed by atoms with E-state index in [0.717, 1.165) is 12.8 Å². The molecule has 0 spiro atoms. The minimum atomic E-state index is 0.194. The Hall–Kier alpha value is -0.850. The van der Waals surface area contributed by atoms with E-state index in [2.05, 4.69) is 35.8 Å². The Bertz CT molecular complexity index is 366. The van der Waals surface area contributed by atoms with Crippen molar-refractivity contribution in [2.75, 3.05) is 0 Å². The minimum absolute atomic E-state index is 0.194. The molecule has 1 aromatic rings. The van der Waals surface area contributed by atoms with Crippen LogP contribution in [0.25, 0.3) is 0 Å². The van der Waals surface area contributed by atoms with Crippen LogP contribution in [0.1, 0.15) is 49.9 Å². The lowest BCUT2D eigenvalue weighted by atomic mass is 9.95. The maximum Gasteiger partial charge on any atom is 0.0672 e. The molecule has 17 heavy (non-hydrogen) atoms. The number of hydrogen-bond donors (Lipinski definition) is 1. The van der Waals surface area contributed by atoms with E-state index >= 15 is 0 Å². The monoisotopic (exact) mass is 248 g/mol. The molecule has 0 bridgehead atoms. The summed E-state index contributed by atoms with van der Waals surface area (Å²) in [6.07, 6.45) is 5.96. The molecule has 1 aliphatic rings. The van der Waals surface area contributed by atoms with E-state index < -0.39 is 0 Å². The maximum atomic E-state index is 9.24. The Kier molecular flexibility index (Phi) is 4.58. The van der Waals surface area contributed by atoms with E-state index in [0.29, 0.717) is 12.1 Å². The smallest absolute Gasteiger partial charge is 0.0672 e. The zero-order valence-corrected chi connectivity index (χ0v) is 11.2. The maximum absolute atomic E-state index is 9.24. The number of thiophene rings is 1. The fourth-order valence-corrected chi connectivity index (χ4v) is 3.35. The summed E-state index contributed by atoms with van der Waals surface area (Å²) in [6.45, 7) is 2.20. The summed E-state index contributed by atoms with van der Waals surface area (Å²) in [7, 11) is 0. The van der Waals surface area contributed by atoms with E-state index in [1.54, 1.807) is 11.3 Å². The minimum Gasteiger partial charge on any atom is -0.305 e. The highest BCUT2D eigenvalue weighted by Crippen LogP contribution is 2.26. The van der Waals surface area contributed by atoms with Gasteiger partial charge in [-0.05, 0) is 31.2 Å². The van der Waals surface area contributed by atoms with Gasteiger partial charge >= 0.3 is 0 Å². The number of nitriles is 1. The van der Waals surface area contributed by atoms with Crippen LogP contribution in [-0.2, 0) is 0 Å². The SMILES string of the molecule is C[C@H](NC1CCCCCC1C#N)c1cccs1. The molecule has 0 saturated heterocycles. The molecular weight excluding hydrogens is 228 g/mol. The second kappa shape index (κ2) is 6.18. The van der Waals surface area contributed by atoms with Gasteiger partial charge in [-0.15, -0.1) is 11.3 Å². The van der Waals surface area contributed by atoms with Crippen molar-refractivity contribution < 1.29 is 0 Å². The Labute approximate surface area is 108 Å². The third-order valence-corrected chi connectivity index (χ3v) is 4.67. The molecule has 2 unspecified atom stereocenters. The van der Waals surface area contributed by atoms with Crippen molar-refractivity contribution in [2.24, 2.45) is 5.92 Å². The van der Waals surface area contributed by atoms with Gasteiger partial charge in [-0.3, -0.25) is 0 Å². The van der Waals surface area contributed by atoms with Gasteiger partial charge in [-0.1, -0.05) is 25.3 Å². The second-order valence-corrected chi connectivity index (χ2v) is 5.86. The van der Waals surface area contributed by atoms with Crippen LogP contribution in [0.15, 0.2) is 17.5 Å². The molecular formula is C14H20N2S. The van der Waals surface area contributed by atoms with Crippen molar-refractivity contribution in [3.05, 3.63) is 22.4 Å². The molecule has 0 radical (unpaired) electrons.